The van der Waals surface area contributed by atoms with Gasteiger partial charge in [0, 0.05) is 46.8 Å². The molecule has 214 valence electrons. The minimum Gasteiger partial charge on any atom is -0.493 e. The molecule has 12 heteroatoms. The third-order valence-corrected chi connectivity index (χ3v) is 5.87. The predicted molar refractivity (Wildman–Crippen MR) is 155 cm³/mol. The van der Waals surface area contributed by atoms with Crippen molar-refractivity contribution in [1.82, 2.24) is 25.2 Å². The molecule has 0 saturated carbocycles. The van der Waals surface area contributed by atoms with E-state index in [0.29, 0.717) is 53.6 Å². The Morgan fingerprint density at radius 1 is 1.07 bits per heavy atom. The van der Waals surface area contributed by atoms with Gasteiger partial charge in [-0.1, -0.05) is 29.8 Å². The van der Waals surface area contributed by atoms with Crippen LogP contribution in [0.3, 0.4) is 0 Å². The van der Waals surface area contributed by atoms with Crippen molar-refractivity contribution in [3.8, 4) is 5.75 Å². The number of anilines is 2. The van der Waals surface area contributed by atoms with Crippen molar-refractivity contribution in [2.24, 2.45) is 0 Å². The molecule has 0 aliphatic heterocycles. The average Bonchev–Trinajstić information content (AvgIpc) is 3.44. The highest BCUT2D eigenvalue weighted by atomic mass is 35.5. The fraction of sp³-hybridized carbons (Fsp3) is 0.310. The molecule has 0 aliphatic carbocycles. The third-order valence-electron chi connectivity index (χ3n) is 5.65. The van der Waals surface area contributed by atoms with Gasteiger partial charge in [0.2, 0.25) is 0 Å². The molecule has 0 radical (unpaired) electrons. The van der Waals surface area contributed by atoms with Gasteiger partial charge < -0.3 is 14.4 Å². The van der Waals surface area contributed by atoms with E-state index in [4.69, 9.17) is 21.1 Å². The van der Waals surface area contributed by atoms with E-state index >= 15 is 0 Å². The molecular formula is C29H32ClN7O4. The maximum Gasteiger partial charge on any atom is 0.412 e. The molecule has 2 amide bonds. The van der Waals surface area contributed by atoms with Crippen molar-refractivity contribution in [3.05, 3.63) is 89.5 Å². The summed E-state index contributed by atoms with van der Waals surface area (Å²) in [6, 6.07) is 17.8. The van der Waals surface area contributed by atoms with E-state index in [9.17, 15) is 9.59 Å². The predicted octanol–water partition coefficient (Wildman–Crippen LogP) is 5.43. The van der Waals surface area contributed by atoms with Crippen LogP contribution in [0.4, 0.5) is 16.2 Å². The number of carbonyl (C=O) groups is 2. The molecule has 0 spiro atoms. The van der Waals surface area contributed by atoms with Gasteiger partial charge in [0.05, 0.1) is 13.2 Å². The summed E-state index contributed by atoms with van der Waals surface area (Å²) in [6.07, 6.45) is 3.53. The standard InChI is InChI=1S/C29H32ClN7O4/c1-29(2,3)41-28(39)34-24-10-12-31-23(19-24)11-15-40-26-17-21(16-22(30)18-26)27(38)36(25-8-5-4-6-9-25)13-7-14-37-33-20-32-35-37/h4-6,8-10,12,16-20H,7,11,13-15H2,1-3H3,(H,31,34,39). The van der Waals surface area contributed by atoms with Crippen LogP contribution >= 0.6 is 11.6 Å². The molecule has 0 aliphatic rings. The Hall–Kier alpha value is -4.51. The maximum absolute atomic E-state index is 13.7. The van der Waals surface area contributed by atoms with E-state index in [1.165, 1.54) is 11.1 Å². The Bertz CT molecular complexity index is 1440. The fourth-order valence-electron chi connectivity index (χ4n) is 3.93. The van der Waals surface area contributed by atoms with Gasteiger partial charge in [0.25, 0.3) is 5.91 Å². The molecule has 11 nitrogen and oxygen atoms in total. The number of aromatic nitrogens is 5. The van der Waals surface area contributed by atoms with E-state index in [1.54, 1.807) is 62.2 Å². The van der Waals surface area contributed by atoms with Crippen LogP contribution in [0.25, 0.3) is 0 Å². The highest BCUT2D eigenvalue weighted by molar-refractivity contribution is 6.31. The molecule has 1 N–H and O–H groups in total. The van der Waals surface area contributed by atoms with Crippen molar-refractivity contribution in [2.75, 3.05) is 23.4 Å². The summed E-state index contributed by atoms with van der Waals surface area (Å²) in [5.74, 6) is 0.251. The number of para-hydroxylation sites is 1. The van der Waals surface area contributed by atoms with Crippen LogP contribution in [0, 0.1) is 0 Å². The normalized spacial score (nSPS) is 11.1. The SMILES string of the molecule is CC(C)(C)OC(=O)Nc1ccnc(CCOc2cc(Cl)cc(C(=O)N(CCCn3ncnn3)c3ccccc3)c2)c1. The lowest BCUT2D eigenvalue weighted by Gasteiger charge is -2.23. The molecule has 0 atom stereocenters. The number of halogens is 1. The van der Waals surface area contributed by atoms with E-state index in [0.717, 1.165) is 5.69 Å². The number of aryl methyl sites for hydroxylation is 1. The first-order valence-corrected chi connectivity index (χ1v) is 13.5. The van der Waals surface area contributed by atoms with Crippen molar-refractivity contribution < 1.29 is 19.1 Å². The topological polar surface area (TPSA) is 124 Å². The van der Waals surface area contributed by atoms with E-state index in [-0.39, 0.29) is 12.5 Å². The molecule has 0 bridgehead atoms. The number of tetrazole rings is 1. The number of carbonyl (C=O) groups excluding carboxylic acids is 2. The number of benzene rings is 2. The molecule has 0 fully saturated rings. The Morgan fingerprint density at radius 3 is 2.61 bits per heavy atom. The lowest BCUT2D eigenvalue weighted by atomic mass is 10.1. The van der Waals surface area contributed by atoms with Gasteiger partial charge in [-0.2, -0.15) is 4.80 Å². The van der Waals surface area contributed by atoms with Crippen molar-refractivity contribution in [2.45, 2.75) is 45.8 Å². The summed E-state index contributed by atoms with van der Waals surface area (Å²) >= 11 is 6.39. The zero-order chi connectivity index (χ0) is 29.2. The number of nitrogens with one attached hydrogen (secondary N) is 1. The molecule has 0 saturated heterocycles. The smallest absolute Gasteiger partial charge is 0.412 e. The maximum atomic E-state index is 13.7. The number of ether oxygens (including phenoxy) is 2. The van der Waals surface area contributed by atoms with Gasteiger partial charge in [0.1, 0.15) is 11.4 Å². The van der Waals surface area contributed by atoms with Crippen molar-refractivity contribution >= 4 is 35.0 Å². The zero-order valence-corrected chi connectivity index (χ0v) is 23.9. The summed E-state index contributed by atoms with van der Waals surface area (Å²) in [7, 11) is 0. The summed E-state index contributed by atoms with van der Waals surface area (Å²) in [4.78, 5) is 33.3. The molecule has 4 aromatic rings. The van der Waals surface area contributed by atoms with E-state index < -0.39 is 11.7 Å². The highest BCUT2D eigenvalue weighted by Gasteiger charge is 2.20. The van der Waals surface area contributed by atoms with E-state index in [2.05, 4.69) is 25.7 Å². The first kappa shape index (κ1) is 29.5. The van der Waals surface area contributed by atoms with Gasteiger partial charge in [-0.25, -0.2) is 4.79 Å². The minimum absolute atomic E-state index is 0.210. The first-order valence-electron chi connectivity index (χ1n) is 13.1. The summed E-state index contributed by atoms with van der Waals surface area (Å²) in [5, 5.41) is 14.7. The van der Waals surface area contributed by atoms with Crippen molar-refractivity contribution in [3.63, 3.8) is 0 Å². The molecule has 41 heavy (non-hydrogen) atoms. The van der Waals surface area contributed by atoms with Crippen LogP contribution in [0.1, 0.15) is 43.2 Å². The Morgan fingerprint density at radius 2 is 1.88 bits per heavy atom. The fourth-order valence-corrected chi connectivity index (χ4v) is 4.16. The van der Waals surface area contributed by atoms with Gasteiger partial charge in [0.15, 0.2) is 6.33 Å². The van der Waals surface area contributed by atoms with Crippen LogP contribution in [0.2, 0.25) is 5.02 Å². The molecule has 0 unspecified atom stereocenters. The van der Waals surface area contributed by atoms with Crippen molar-refractivity contribution in [1.29, 1.82) is 0 Å². The first-order chi connectivity index (χ1) is 19.7. The highest BCUT2D eigenvalue weighted by Crippen LogP contribution is 2.25. The van der Waals surface area contributed by atoms with Gasteiger partial charge in [-0.05, 0) is 74.9 Å². The van der Waals surface area contributed by atoms with Crippen LogP contribution in [-0.2, 0) is 17.7 Å². The van der Waals surface area contributed by atoms with Gasteiger partial charge in [-0.3, -0.25) is 15.1 Å². The van der Waals surface area contributed by atoms with Crippen LogP contribution in [0.5, 0.6) is 5.75 Å². The summed E-state index contributed by atoms with van der Waals surface area (Å²) < 4.78 is 11.2. The third kappa shape index (κ3) is 9.28. The number of rotatable bonds is 11. The zero-order valence-electron chi connectivity index (χ0n) is 23.2. The molecule has 2 heterocycles. The second-order valence-electron chi connectivity index (χ2n) is 10.1. The molecule has 2 aromatic heterocycles. The monoisotopic (exact) mass is 577 g/mol. The number of hydrogen-bond acceptors (Lipinski definition) is 8. The van der Waals surface area contributed by atoms with Crippen LogP contribution in [0.15, 0.2) is 73.2 Å². The molecule has 2 aromatic carbocycles. The minimum atomic E-state index is -0.599. The number of pyridine rings is 1. The van der Waals surface area contributed by atoms with Crippen LogP contribution < -0.4 is 15.0 Å². The lowest BCUT2D eigenvalue weighted by molar-refractivity contribution is 0.0635. The second-order valence-corrected chi connectivity index (χ2v) is 10.6. The lowest BCUT2D eigenvalue weighted by Crippen LogP contribution is -2.32. The quantitative estimate of drug-likeness (QED) is 0.250. The summed E-state index contributed by atoms with van der Waals surface area (Å²) in [6.45, 7) is 6.64. The Kier molecular flexibility index (Phi) is 9.86. The molecule has 4 rings (SSSR count). The number of hydrogen-bond donors (Lipinski definition) is 1. The Balaban J connectivity index is 1.40. The number of amides is 2. The van der Waals surface area contributed by atoms with Gasteiger partial charge in [-0.15, -0.1) is 10.2 Å². The van der Waals surface area contributed by atoms with Crippen LogP contribution in [-0.4, -0.2) is 55.9 Å². The Labute approximate surface area is 243 Å². The number of nitrogens with zero attached hydrogens (tertiary/aromatic N) is 6. The largest absolute Gasteiger partial charge is 0.493 e. The summed E-state index contributed by atoms with van der Waals surface area (Å²) in [5.41, 5.74) is 1.85. The second kappa shape index (κ2) is 13.7. The van der Waals surface area contributed by atoms with E-state index in [1.807, 2.05) is 30.3 Å². The average molecular weight is 578 g/mol. The molecular weight excluding hydrogens is 546 g/mol. The van der Waals surface area contributed by atoms with Gasteiger partial charge >= 0.3 is 6.09 Å².